The highest BCUT2D eigenvalue weighted by atomic mass is 19.1. The van der Waals surface area contributed by atoms with Crippen molar-refractivity contribution < 1.29 is 18.3 Å². The Balaban J connectivity index is 1.35. The number of halogens is 2. The smallest absolute Gasteiger partial charge is 0.261 e. The third-order valence-corrected chi connectivity index (χ3v) is 7.51. The van der Waals surface area contributed by atoms with Gasteiger partial charge in [0.2, 0.25) is 5.82 Å². The molecule has 1 aliphatic heterocycles. The Morgan fingerprint density at radius 2 is 1.92 bits per heavy atom. The van der Waals surface area contributed by atoms with Gasteiger partial charge in [0.15, 0.2) is 11.4 Å². The van der Waals surface area contributed by atoms with Gasteiger partial charge in [-0.05, 0) is 38.3 Å². The first-order valence-electron chi connectivity index (χ1n) is 13.1. The zero-order valence-corrected chi connectivity index (χ0v) is 21.7. The van der Waals surface area contributed by atoms with Crippen molar-refractivity contribution in [3.8, 4) is 5.75 Å². The lowest BCUT2D eigenvalue weighted by Gasteiger charge is -2.34. The highest BCUT2D eigenvalue weighted by Crippen LogP contribution is 2.41. The fourth-order valence-electron chi connectivity index (χ4n) is 5.47. The minimum absolute atomic E-state index is 0.0836. The first-order chi connectivity index (χ1) is 18.4. The van der Waals surface area contributed by atoms with Crippen molar-refractivity contribution in [3.05, 3.63) is 47.5 Å². The molecular weight excluding hydrogens is 492 g/mol. The maximum atomic E-state index is 15.6. The van der Waals surface area contributed by atoms with Gasteiger partial charge in [0, 0.05) is 56.1 Å². The molecule has 1 saturated carbocycles. The van der Waals surface area contributed by atoms with E-state index in [-0.39, 0.29) is 28.2 Å². The maximum absolute atomic E-state index is 15.6. The number of benzene rings is 1. The summed E-state index contributed by atoms with van der Waals surface area (Å²) >= 11 is 0. The Bertz CT molecular complexity index is 1530. The minimum Gasteiger partial charge on any atom is -0.491 e. The van der Waals surface area contributed by atoms with Crippen LogP contribution in [0.5, 0.6) is 5.75 Å². The van der Waals surface area contributed by atoms with E-state index >= 15 is 8.78 Å². The summed E-state index contributed by atoms with van der Waals surface area (Å²) in [5, 5.41) is 11.3. The van der Waals surface area contributed by atoms with Crippen LogP contribution >= 0.6 is 0 Å². The predicted molar refractivity (Wildman–Crippen MR) is 141 cm³/mol. The fourth-order valence-corrected chi connectivity index (χ4v) is 5.47. The van der Waals surface area contributed by atoms with Crippen molar-refractivity contribution in [3.63, 3.8) is 0 Å². The monoisotopic (exact) mass is 523 g/mol. The summed E-state index contributed by atoms with van der Waals surface area (Å²) in [6.07, 6.45) is 9.05. The molecule has 0 unspecified atom stereocenters. The van der Waals surface area contributed by atoms with Crippen LogP contribution < -0.4 is 20.3 Å². The number of piperidine rings is 1. The van der Waals surface area contributed by atoms with E-state index in [0.29, 0.717) is 23.0 Å². The molecule has 2 N–H and O–H groups in total. The molecule has 0 spiro atoms. The molecule has 9 nitrogen and oxygen atoms in total. The number of methoxy groups -OCH3 is 1. The normalized spacial score (nSPS) is 16.5. The Kier molecular flexibility index (Phi) is 6.17. The van der Waals surface area contributed by atoms with Crippen LogP contribution in [-0.2, 0) is 7.05 Å². The number of pyridine rings is 1. The van der Waals surface area contributed by atoms with Gasteiger partial charge in [-0.25, -0.2) is 9.37 Å². The van der Waals surface area contributed by atoms with E-state index in [1.165, 1.54) is 17.6 Å². The lowest BCUT2D eigenvalue weighted by molar-refractivity contribution is 0.102. The number of imidazole rings is 1. The summed E-state index contributed by atoms with van der Waals surface area (Å²) in [6, 6.07) is 1.85. The van der Waals surface area contributed by atoms with E-state index in [0.717, 1.165) is 51.0 Å². The number of aryl methyl sites for hydroxylation is 1. The van der Waals surface area contributed by atoms with E-state index in [4.69, 9.17) is 4.74 Å². The number of carbonyl (C=O) groups is 1. The Morgan fingerprint density at radius 3 is 2.61 bits per heavy atom. The van der Waals surface area contributed by atoms with Gasteiger partial charge >= 0.3 is 0 Å². The predicted octanol–water partition coefficient (Wildman–Crippen LogP) is 4.22. The Hall–Kier alpha value is -3.73. The number of anilines is 2. The number of aromatic nitrogens is 4. The van der Waals surface area contributed by atoms with Crippen LogP contribution in [0, 0.1) is 11.6 Å². The molecular formula is C27H31F2N7O2. The molecule has 0 atom stereocenters. The van der Waals surface area contributed by atoms with Crippen LogP contribution in [0.25, 0.3) is 16.6 Å². The molecule has 1 amide bonds. The zero-order chi connectivity index (χ0) is 26.6. The van der Waals surface area contributed by atoms with E-state index in [9.17, 15) is 4.79 Å². The molecule has 2 aliphatic rings. The maximum Gasteiger partial charge on any atom is 0.261 e. The van der Waals surface area contributed by atoms with Crippen LogP contribution in [0.4, 0.5) is 20.2 Å². The number of hydrogen-bond donors (Lipinski definition) is 2. The number of nitrogens with one attached hydrogen (secondary N) is 2. The molecule has 200 valence electrons. The average Bonchev–Trinajstić information content (AvgIpc) is 3.54. The topological polar surface area (TPSA) is 88.7 Å². The van der Waals surface area contributed by atoms with Crippen LogP contribution in [0.15, 0.2) is 24.7 Å². The van der Waals surface area contributed by atoms with Gasteiger partial charge in [-0.3, -0.25) is 9.48 Å². The highest BCUT2D eigenvalue weighted by Gasteiger charge is 2.29. The molecule has 11 heteroatoms. The van der Waals surface area contributed by atoms with E-state index in [1.54, 1.807) is 30.3 Å². The number of carbonyl (C=O) groups excluding carboxylic acids is 1. The van der Waals surface area contributed by atoms with Crippen LogP contribution in [0.1, 0.15) is 54.6 Å². The van der Waals surface area contributed by atoms with Crippen molar-refractivity contribution in [2.75, 3.05) is 37.0 Å². The lowest BCUT2D eigenvalue weighted by Crippen LogP contribution is -2.42. The number of nitrogens with zero attached hydrogens (tertiary/aromatic N) is 5. The van der Waals surface area contributed by atoms with Gasteiger partial charge in [0.1, 0.15) is 22.6 Å². The Labute approximate surface area is 218 Å². The molecule has 1 saturated heterocycles. The molecule has 6 rings (SSSR count). The van der Waals surface area contributed by atoms with Crippen molar-refractivity contribution >= 4 is 33.8 Å². The van der Waals surface area contributed by atoms with Gasteiger partial charge < -0.3 is 24.7 Å². The average molecular weight is 524 g/mol. The van der Waals surface area contributed by atoms with Crippen LogP contribution in [0.3, 0.4) is 0 Å². The summed E-state index contributed by atoms with van der Waals surface area (Å²) in [7, 11) is 3.06. The second kappa shape index (κ2) is 9.54. The number of fused-ring (bicyclic) bond motifs is 2. The number of rotatable bonds is 7. The third kappa shape index (κ3) is 4.24. The largest absolute Gasteiger partial charge is 0.491 e. The molecule has 3 aromatic heterocycles. The highest BCUT2D eigenvalue weighted by molar-refractivity contribution is 6.14. The summed E-state index contributed by atoms with van der Waals surface area (Å²) in [5.74, 6) is -1.93. The summed E-state index contributed by atoms with van der Waals surface area (Å²) in [5.41, 5.74) is 1.79. The molecule has 4 aromatic rings. The first kappa shape index (κ1) is 24.6. The fraction of sp³-hybridized carbons (Fsp3) is 0.444. The summed E-state index contributed by atoms with van der Waals surface area (Å²) < 4.78 is 39.3. The van der Waals surface area contributed by atoms with E-state index in [2.05, 4.69) is 32.5 Å². The van der Waals surface area contributed by atoms with Crippen molar-refractivity contribution in [2.45, 2.75) is 44.6 Å². The van der Waals surface area contributed by atoms with Crippen LogP contribution in [0.2, 0.25) is 0 Å². The van der Waals surface area contributed by atoms with E-state index in [1.807, 2.05) is 0 Å². The number of ether oxygens (including phenoxy) is 1. The Morgan fingerprint density at radius 1 is 1.16 bits per heavy atom. The minimum atomic E-state index is -0.733. The molecule has 38 heavy (non-hydrogen) atoms. The van der Waals surface area contributed by atoms with Crippen LogP contribution in [-0.4, -0.2) is 57.9 Å². The molecule has 1 aliphatic carbocycles. The SMILES string of the molecule is CCNC1CCN(c2cc(F)c(C(=O)Nc3cn4cc(C5CC5)nc4c(F)c3OC)c3nn(C)cc23)CC1. The molecule has 0 radical (unpaired) electrons. The number of amides is 1. The van der Waals surface area contributed by atoms with Gasteiger partial charge in [-0.2, -0.15) is 9.49 Å². The summed E-state index contributed by atoms with van der Waals surface area (Å²) in [6.45, 7) is 4.56. The summed E-state index contributed by atoms with van der Waals surface area (Å²) in [4.78, 5) is 20.0. The molecule has 4 heterocycles. The molecule has 2 fully saturated rings. The van der Waals surface area contributed by atoms with Gasteiger partial charge in [-0.15, -0.1) is 0 Å². The zero-order valence-electron chi connectivity index (χ0n) is 21.7. The van der Waals surface area contributed by atoms with Gasteiger partial charge in [0.25, 0.3) is 5.91 Å². The standard InChI is InChI=1S/C27H31F2N7O2/c1-4-30-16-7-9-35(10-8-16)21-11-18(28)22(24-17(21)12-34(2)33-24)27(37)32-20-14-36-13-19(15-5-6-15)31-26(36)23(29)25(20)38-3/h11-16,30H,4-10H2,1-3H3,(H,32,37). The first-order valence-corrected chi connectivity index (χ1v) is 13.1. The van der Waals surface area contributed by atoms with Gasteiger partial charge in [-0.1, -0.05) is 6.92 Å². The quantitative estimate of drug-likeness (QED) is 0.377. The van der Waals surface area contributed by atoms with Crippen molar-refractivity contribution in [2.24, 2.45) is 7.05 Å². The van der Waals surface area contributed by atoms with Gasteiger partial charge in [0.05, 0.1) is 18.5 Å². The second-order valence-electron chi connectivity index (χ2n) is 10.2. The second-order valence-corrected chi connectivity index (χ2v) is 10.2. The van der Waals surface area contributed by atoms with Crippen molar-refractivity contribution in [1.82, 2.24) is 24.5 Å². The molecule has 1 aromatic carbocycles. The lowest BCUT2D eigenvalue weighted by atomic mass is 10.0. The van der Waals surface area contributed by atoms with Crippen molar-refractivity contribution in [1.29, 1.82) is 0 Å². The third-order valence-electron chi connectivity index (χ3n) is 7.51. The molecule has 0 bridgehead atoms. The number of hydrogen-bond acceptors (Lipinski definition) is 6. The van der Waals surface area contributed by atoms with E-state index < -0.39 is 17.5 Å².